The molecule has 3 nitrogen and oxygen atoms in total. The van der Waals surface area contributed by atoms with E-state index in [1.807, 2.05) is 0 Å². The molecule has 2 saturated heterocycles. The predicted molar refractivity (Wildman–Crippen MR) is 70.2 cm³/mol. The van der Waals surface area contributed by atoms with Crippen molar-refractivity contribution < 1.29 is 18.6 Å². The molecule has 0 aliphatic carbocycles. The number of hydrogen-bond acceptors (Lipinski definition) is 3. The summed E-state index contributed by atoms with van der Waals surface area (Å²) in [5, 5.41) is 10.2. The summed E-state index contributed by atoms with van der Waals surface area (Å²) in [4.78, 5) is 2.08. The van der Waals surface area contributed by atoms with Crippen molar-refractivity contribution in [2.24, 2.45) is 0 Å². The van der Waals surface area contributed by atoms with Crippen molar-refractivity contribution in [3.05, 3.63) is 35.4 Å². The third-order valence-electron chi connectivity index (χ3n) is 4.36. The minimum Gasteiger partial charge on any atom is -0.390 e. The lowest BCUT2D eigenvalue weighted by atomic mass is 9.87. The molecule has 2 atom stereocenters. The van der Waals surface area contributed by atoms with Gasteiger partial charge in [-0.1, -0.05) is 6.07 Å². The first-order valence-corrected chi connectivity index (χ1v) is 7.07. The number of aliphatic hydroxyl groups excluding tert-OH is 1. The molecule has 110 valence electrons. The van der Waals surface area contributed by atoms with Crippen LogP contribution in [0.5, 0.6) is 0 Å². The Morgan fingerprint density at radius 3 is 2.95 bits per heavy atom. The van der Waals surface area contributed by atoms with Crippen LogP contribution in [0.1, 0.15) is 24.8 Å². The topological polar surface area (TPSA) is 32.7 Å². The molecule has 2 aliphatic rings. The van der Waals surface area contributed by atoms with Gasteiger partial charge in [-0.25, -0.2) is 8.78 Å². The third kappa shape index (κ3) is 2.57. The van der Waals surface area contributed by atoms with Crippen molar-refractivity contribution in [1.82, 2.24) is 4.90 Å². The van der Waals surface area contributed by atoms with E-state index in [-0.39, 0.29) is 0 Å². The van der Waals surface area contributed by atoms with E-state index in [4.69, 9.17) is 4.74 Å². The van der Waals surface area contributed by atoms with E-state index in [0.717, 1.165) is 18.9 Å². The standard InChI is InChI=1S/C15H19F2NO2/c16-12-3-2-11(13(17)8-12)9-18-6-4-14(19)15(10-18)5-1-7-20-15/h2-3,8,14,19H,1,4-7,9-10H2/t14-,15-/m0/s1. The summed E-state index contributed by atoms with van der Waals surface area (Å²) in [5.41, 5.74) is -0.00896. The molecule has 3 rings (SSSR count). The molecular weight excluding hydrogens is 264 g/mol. The van der Waals surface area contributed by atoms with E-state index in [0.29, 0.717) is 38.2 Å². The highest BCUT2D eigenvalue weighted by molar-refractivity contribution is 5.18. The summed E-state index contributed by atoms with van der Waals surface area (Å²) in [5.74, 6) is -1.08. The molecule has 0 saturated carbocycles. The first-order valence-electron chi connectivity index (χ1n) is 7.07. The Morgan fingerprint density at radius 1 is 1.40 bits per heavy atom. The van der Waals surface area contributed by atoms with Crippen LogP contribution >= 0.6 is 0 Å². The van der Waals surface area contributed by atoms with E-state index >= 15 is 0 Å². The summed E-state index contributed by atoms with van der Waals surface area (Å²) in [6, 6.07) is 3.67. The fourth-order valence-corrected chi connectivity index (χ4v) is 3.26. The minimum atomic E-state index is -0.559. The van der Waals surface area contributed by atoms with Crippen molar-refractivity contribution in [2.75, 3.05) is 19.7 Å². The summed E-state index contributed by atoms with van der Waals surface area (Å²) >= 11 is 0. The molecule has 1 aromatic rings. The minimum absolute atomic E-state index is 0.421. The van der Waals surface area contributed by atoms with Crippen LogP contribution in [0.25, 0.3) is 0 Å². The van der Waals surface area contributed by atoms with Crippen LogP contribution in [-0.4, -0.2) is 41.4 Å². The third-order valence-corrected chi connectivity index (χ3v) is 4.36. The zero-order chi connectivity index (χ0) is 14.2. The number of halogens is 2. The van der Waals surface area contributed by atoms with Crippen molar-refractivity contribution in [2.45, 2.75) is 37.5 Å². The van der Waals surface area contributed by atoms with Crippen molar-refractivity contribution in [3.63, 3.8) is 0 Å². The van der Waals surface area contributed by atoms with Gasteiger partial charge < -0.3 is 9.84 Å². The van der Waals surface area contributed by atoms with Gasteiger partial charge in [-0.2, -0.15) is 0 Å². The molecule has 1 N–H and O–H groups in total. The maximum absolute atomic E-state index is 13.7. The van der Waals surface area contributed by atoms with Gasteiger partial charge in [0.2, 0.25) is 0 Å². The molecular formula is C15H19F2NO2. The van der Waals surface area contributed by atoms with Gasteiger partial charge in [-0.15, -0.1) is 0 Å². The van der Waals surface area contributed by atoms with Gasteiger partial charge in [0.1, 0.15) is 17.2 Å². The highest BCUT2D eigenvalue weighted by atomic mass is 19.1. The average Bonchev–Trinajstić information content (AvgIpc) is 2.87. The summed E-state index contributed by atoms with van der Waals surface area (Å²) in [6.45, 7) is 2.40. The SMILES string of the molecule is O[C@H]1CCN(Cc2ccc(F)cc2F)C[C@@]12CCCO2. The van der Waals surface area contributed by atoms with Crippen molar-refractivity contribution >= 4 is 0 Å². The predicted octanol–water partition coefficient (Wildman–Crippen LogP) is 2.08. The maximum atomic E-state index is 13.7. The number of likely N-dealkylation sites (tertiary alicyclic amines) is 1. The Hall–Kier alpha value is -1.04. The fraction of sp³-hybridized carbons (Fsp3) is 0.600. The monoisotopic (exact) mass is 283 g/mol. The van der Waals surface area contributed by atoms with E-state index in [1.54, 1.807) is 0 Å². The zero-order valence-electron chi connectivity index (χ0n) is 11.3. The van der Waals surface area contributed by atoms with Gasteiger partial charge in [0.25, 0.3) is 0 Å². The second kappa shape index (κ2) is 5.39. The van der Waals surface area contributed by atoms with Gasteiger partial charge in [-0.05, 0) is 25.3 Å². The molecule has 2 heterocycles. The Labute approximate surface area is 117 Å². The van der Waals surface area contributed by atoms with Crippen LogP contribution in [0, 0.1) is 11.6 Å². The lowest BCUT2D eigenvalue weighted by Crippen LogP contribution is -2.56. The van der Waals surface area contributed by atoms with Crippen molar-refractivity contribution in [1.29, 1.82) is 0 Å². The summed E-state index contributed by atoms with van der Waals surface area (Å²) in [7, 11) is 0. The number of aliphatic hydroxyl groups is 1. The largest absolute Gasteiger partial charge is 0.390 e. The number of piperidine rings is 1. The first-order chi connectivity index (χ1) is 9.59. The molecule has 1 aromatic carbocycles. The summed E-state index contributed by atoms with van der Waals surface area (Å²) in [6.07, 6.45) is 1.98. The van der Waals surface area contributed by atoms with Crippen LogP contribution in [-0.2, 0) is 11.3 Å². The van der Waals surface area contributed by atoms with Gasteiger partial charge >= 0.3 is 0 Å². The molecule has 0 bridgehead atoms. The Kier molecular flexibility index (Phi) is 3.75. The highest BCUT2D eigenvalue weighted by Crippen LogP contribution is 2.35. The molecule has 0 unspecified atom stereocenters. The zero-order valence-corrected chi connectivity index (χ0v) is 11.3. The van der Waals surface area contributed by atoms with Crippen LogP contribution in [0.2, 0.25) is 0 Å². The molecule has 2 aliphatic heterocycles. The second-order valence-electron chi connectivity index (χ2n) is 5.77. The average molecular weight is 283 g/mol. The number of ether oxygens (including phenoxy) is 1. The first kappa shape index (κ1) is 13.9. The van der Waals surface area contributed by atoms with E-state index in [9.17, 15) is 13.9 Å². The Balaban J connectivity index is 1.72. The van der Waals surface area contributed by atoms with E-state index in [1.165, 1.54) is 12.1 Å². The maximum Gasteiger partial charge on any atom is 0.130 e. The van der Waals surface area contributed by atoms with Gasteiger partial charge in [0.15, 0.2) is 0 Å². The van der Waals surface area contributed by atoms with E-state index in [2.05, 4.69) is 4.90 Å². The van der Waals surface area contributed by atoms with Crippen LogP contribution in [0.15, 0.2) is 18.2 Å². The molecule has 20 heavy (non-hydrogen) atoms. The molecule has 5 heteroatoms. The van der Waals surface area contributed by atoms with Gasteiger partial charge in [0, 0.05) is 37.9 Å². The van der Waals surface area contributed by atoms with E-state index < -0.39 is 23.3 Å². The molecule has 0 amide bonds. The van der Waals surface area contributed by atoms with Gasteiger partial charge in [0.05, 0.1) is 6.10 Å². The molecule has 1 spiro atoms. The number of benzene rings is 1. The van der Waals surface area contributed by atoms with Crippen LogP contribution in [0.4, 0.5) is 8.78 Å². The highest BCUT2D eigenvalue weighted by Gasteiger charge is 2.46. The lowest BCUT2D eigenvalue weighted by molar-refractivity contribution is -0.132. The Morgan fingerprint density at radius 2 is 2.25 bits per heavy atom. The number of nitrogens with zero attached hydrogens (tertiary/aromatic N) is 1. The molecule has 0 aromatic heterocycles. The molecule has 0 radical (unpaired) electrons. The van der Waals surface area contributed by atoms with Crippen LogP contribution < -0.4 is 0 Å². The quantitative estimate of drug-likeness (QED) is 0.902. The lowest BCUT2D eigenvalue weighted by Gasteiger charge is -2.43. The van der Waals surface area contributed by atoms with Crippen molar-refractivity contribution in [3.8, 4) is 0 Å². The number of rotatable bonds is 2. The normalized spacial score (nSPS) is 31.1. The van der Waals surface area contributed by atoms with Gasteiger partial charge in [-0.3, -0.25) is 4.90 Å². The molecule has 2 fully saturated rings. The number of hydrogen-bond donors (Lipinski definition) is 1. The fourth-order valence-electron chi connectivity index (χ4n) is 3.26. The van der Waals surface area contributed by atoms with Crippen LogP contribution in [0.3, 0.4) is 0 Å². The summed E-state index contributed by atoms with van der Waals surface area (Å²) < 4.78 is 32.4. The smallest absolute Gasteiger partial charge is 0.130 e. The second-order valence-corrected chi connectivity index (χ2v) is 5.77. The Bertz CT molecular complexity index is 489.